The SMILES string of the molecule is O=[N+]([O-])c1cccc(Nc2ncnc(Nc3cccc4cccnc34)c2[N+](=O)[O-])c1. The van der Waals surface area contributed by atoms with Crippen molar-refractivity contribution in [2.24, 2.45) is 0 Å². The van der Waals surface area contributed by atoms with Gasteiger partial charge in [-0.1, -0.05) is 24.3 Å². The number of non-ortho nitro benzene ring substituents is 1. The summed E-state index contributed by atoms with van der Waals surface area (Å²) in [6, 6.07) is 14.6. The van der Waals surface area contributed by atoms with E-state index in [0.29, 0.717) is 11.2 Å². The van der Waals surface area contributed by atoms with Crippen LogP contribution in [0.15, 0.2) is 67.1 Å². The van der Waals surface area contributed by atoms with Crippen LogP contribution in [0.1, 0.15) is 0 Å². The molecule has 11 nitrogen and oxygen atoms in total. The van der Waals surface area contributed by atoms with Crippen LogP contribution in [-0.2, 0) is 0 Å². The molecular weight excluding hydrogens is 390 g/mol. The second kappa shape index (κ2) is 7.75. The first-order valence-electron chi connectivity index (χ1n) is 8.64. The lowest BCUT2D eigenvalue weighted by atomic mass is 10.2. The number of nitrogens with zero attached hydrogens (tertiary/aromatic N) is 5. The Bertz CT molecular complexity index is 1270. The number of anilines is 4. The van der Waals surface area contributed by atoms with Gasteiger partial charge in [0.25, 0.3) is 5.69 Å². The van der Waals surface area contributed by atoms with Crippen LogP contribution < -0.4 is 10.6 Å². The molecule has 2 N–H and O–H groups in total. The molecule has 0 aliphatic heterocycles. The number of pyridine rings is 1. The third kappa shape index (κ3) is 3.67. The first-order chi connectivity index (χ1) is 14.5. The Morgan fingerprint density at radius 2 is 1.53 bits per heavy atom. The molecule has 0 amide bonds. The van der Waals surface area contributed by atoms with Gasteiger partial charge in [-0.2, -0.15) is 0 Å². The second-order valence-corrected chi connectivity index (χ2v) is 6.11. The monoisotopic (exact) mass is 403 g/mol. The average Bonchev–Trinajstić information content (AvgIpc) is 2.74. The molecule has 0 unspecified atom stereocenters. The lowest BCUT2D eigenvalue weighted by Crippen LogP contribution is -2.06. The summed E-state index contributed by atoms with van der Waals surface area (Å²) in [5, 5.41) is 29.3. The molecule has 0 saturated carbocycles. The van der Waals surface area contributed by atoms with Crippen molar-refractivity contribution < 1.29 is 9.85 Å². The van der Waals surface area contributed by atoms with Gasteiger partial charge in [0.1, 0.15) is 6.33 Å². The average molecular weight is 403 g/mol. The number of nitro benzene ring substituents is 1. The molecule has 0 aliphatic rings. The Kier molecular flexibility index (Phi) is 4.83. The molecule has 0 aliphatic carbocycles. The van der Waals surface area contributed by atoms with E-state index in [1.54, 1.807) is 30.5 Å². The molecular formula is C19H13N7O4. The number of hydrogen-bond acceptors (Lipinski definition) is 9. The van der Waals surface area contributed by atoms with Gasteiger partial charge in [0, 0.05) is 29.4 Å². The Hall–Kier alpha value is -4.67. The van der Waals surface area contributed by atoms with Crippen LogP contribution in [0.3, 0.4) is 0 Å². The van der Waals surface area contributed by atoms with E-state index in [2.05, 4.69) is 25.6 Å². The molecule has 2 aromatic carbocycles. The highest BCUT2D eigenvalue weighted by Crippen LogP contribution is 2.34. The van der Waals surface area contributed by atoms with Gasteiger partial charge in [-0.15, -0.1) is 0 Å². The van der Waals surface area contributed by atoms with E-state index in [9.17, 15) is 20.2 Å². The number of para-hydroxylation sites is 1. The van der Waals surface area contributed by atoms with Crippen molar-refractivity contribution in [1.82, 2.24) is 15.0 Å². The summed E-state index contributed by atoms with van der Waals surface area (Å²) >= 11 is 0. The van der Waals surface area contributed by atoms with E-state index in [4.69, 9.17) is 0 Å². The minimum absolute atomic E-state index is 0.0407. The van der Waals surface area contributed by atoms with Crippen LogP contribution in [0.4, 0.5) is 34.4 Å². The molecule has 4 aromatic rings. The number of aromatic nitrogens is 3. The van der Waals surface area contributed by atoms with Gasteiger partial charge in [-0.25, -0.2) is 9.97 Å². The summed E-state index contributed by atoms with van der Waals surface area (Å²) in [5.41, 5.74) is 0.884. The van der Waals surface area contributed by atoms with Crippen molar-refractivity contribution in [2.45, 2.75) is 0 Å². The summed E-state index contributed by atoms with van der Waals surface area (Å²) in [7, 11) is 0. The number of rotatable bonds is 6. The van der Waals surface area contributed by atoms with E-state index < -0.39 is 15.5 Å². The zero-order valence-corrected chi connectivity index (χ0v) is 15.2. The maximum atomic E-state index is 11.8. The Morgan fingerprint density at radius 1 is 0.800 bits per heavy atom. The lowest BCUT2D eigenvalue weighted by molar-refractivity contribution is -0.384. The van der Waals surface area contributed by atoms with E-state index in [0.717, 1.165) is 11.7 Å². The molecule has 0 saturated heterocycles. The van der Waals surface area contributed by atoms with Crippen LogP contribution in [0.25, 0.3) is 10.9 Å². The van der Waals surface area contributed by atoms with Crippen molar-refractivity contribution >= 4 is 45.3 Å². The molecule has 11 heteroatoms. The van der Waals surface area contributed by atoms with Gasteiger partial charge >= 0.3 is 5.69 Å². The molecule has 30 heavy (non-hydrogen) atoms. The predicted octanol–water partition coefficient (Wildman–Crippen LogP) is 4.33. The van der Waals surface area contributed by atoms with Crippen molar-refractivity contribution in [1.29, 1.82) is 0 Å². The smallest absolute Gasteiger partial charge is 0.334 e. The van der Waals surface area contributed by atoms with E-state index >= 15 is 0 Å². The van der Waals surface area contributed by atoms with Crippen molar-refractivity contribution in [3.8, 4) is 0 Å². The Morgan fingerprint density at radius 3 is 2.30 bits per heavy atom. The quantitative estimate of drug-likeness (QED) is 0.354. The number of benzene rings is 2. The molecule has 0 spiro atoms. The van der Waals surface area contributed by atoms with Gasteiger partial charge in [-0.05, 0) is 18.2 Å². The molecule has 2 aromatic heterocycles. The van der Waals surface area contributed by atoms with Crippen LogP contribution in [0.2, 0.25) is 0 Å². The van der Waals surface area contributed by atoms with Crippen molar-refractivity contribution in [3.05, 3.63) is 87.4 Å². The normalized spacial score (nSPS) is 10.5. The van der Waals surface area contributed by atoms with Gasteiger partial charge < -0.3 is 10.6 Å². The zero-order chi connectivity index (χ0) is 21.1. The summed E-state index contributed by atoms with van der Waals surface area (Å²) in [6.45, 7) is 0. The molecule has 0 fully saturated rings. The summed E-state index contributed by atoms with van der Waals surface area (Å²) in [5.74, 6) is -0.146. The molecule has 0 bridgehead atoms. The molecule has 0 radical (unpaired) electrons. The summed E-state index contributed by atoms with van der Waals surface area (Å²) in [4.78, 5) is 33.8. The molecule has 2 heterocycles. The van der Waals surface area contributed by atoms with Gasteiger partial charge in [0.05, 0.1) is 21.1 Å². The Labute approximate surface area is 168 Å². The number of fused-ring (bicyclic) bond motifs is 1. The second-order valence-electron chi connectivity index (χ2n) is 6.11. The highest BCUT2D eigenvalue weighted by molar-refractivity contribution is 5.93. The molecule has 148 valence electrons. The minimum Gasteiger partial charge on any atom is -0.334 e. The number of nitrogens with one attached hydrogen (secondary N) is 2. The fourth-order valence-corrected chi connectivity index (χ4v) is 2.90. The first kappa shape index (κ1) is 18.7. The van der Waals surface area contributed by atoms with Gasteiger partial charge in [0.15, 0.2) is 0 Å². The molecule has 4 rings (SSSR count). The number of nitro groups is 2. The first-order valence-corrected chi connectivity index (χ1v) is 8.64. The van der Waals surface area contributed by atoms with Gasteiger partial charge in [-0.3, -0.25) is 25.2 Å². The fraction of sp³-hybridized carbons (Fsp3) is 0. The topological polar surface area (TPSA) is 149 Å². The largest absolute Gasteiger partial charge is 0.353 e. The van der Waals surface area contributed by atoms with Crippen molar-refractivity contribution in [3.63, 3.8) is 0 Å². The highest BCUT2D eigenvalue weighted by Gasteiger charge is 2.24. The van der Waals surface area contributed by atoms with Crippen LogP contribution in [0.5, 0.6) is 0 Å². The third-order valence-electron chi connectivity index (χ3n) is 4.21. The lowest BCUT2D eigenvalue weighted by Gasteiger charge is -2.11. The van der Waals surface area contributed by atoms with Crippen LogP contribution >= 0.6 is 0 Å². The molecule has 0 atom stereocenters. The predicted molar refractivity (Wildman–Crippen MR) is 110 cm³/mol. The van der Waals surface area contributed by atoms with E-state index in [1.165, 1.54) is 18.2 Å². The zero-order valence-electron chi connectivity index (χ0n) is 15.2. The minimum atomic E-state index is -0.624. The fourth-order valence-electron chi connectivity index (χ4n) is 2.90. The van der Waals surface area contributed by atoms with Crippen LogP contribution in [-0.4, -0.2) is 24.8 Å². The highest BCUT2D eigenvalue weighted by atomic mass is 16.6. The summed E-state index contributed by atoms with van der Waals surface area (Å²) in [6.07, 6.45) is 2.78. The van der Waals surface area contributed by atoms with E-state index in [-0.39, 0.29) is 23.0 Å². The standard InChI is InChI=1S/C19H13N7O4/c27-25(28)14-7-2-6-13(10-14)23-18-17(26(29)30)19(22-11-21-18)24-15-8-1-4-12-5-3-9-20-16(12)15/h1-11H,(H2,21,22,23,24). The van der Waals surface area contributed by atoms with E-state index in [1.807, 2.05) is 12.1 Å². The Balaban J connectivity index is 1.74. The maximum absolute atomic E-state index is 11.8. The van der Waals surface area contributed by atoms with Crippen LogP contribution in [0, 0.1) is 20.2 Å². The maximum Gasteiger partial charge on any atom is 0.353 e. The third-order valence-corrected chi connectivity index (χ3v) is 4.21. The number of hydrogen-bond donors (Lipinski definition) is 2. The van der Waals surface area contributed by atoms with Crippen molar-refractivity contribution in [2.75, 3.05) is 10.6 Å². The summed E-state index contributed by atoms with van der Waals surface area (Å²) < 4.78 is 0. The van der Waals surface area contributed by atoms with Gasteiger partial charge in [0.2, 0.25) is 11.6 Å².